The Morgan fingerprint density at radius 2 is 2.24 bits per heavy atom. The highest BCUT2D eigenvalue weighted by Crippen LogP contribution is 2.33. The first kappa shape index (κ1) is 14.6. The Bertz CT molecular complexity index is 750. The number of aryl methyl sites for hydroxylation is 2. The van der Waals surface area contributed by atoms with Gasteiger partial charge >= 0.3 is 0 Å². The van der Waals surface area contributed by atoms with Crippen LogP contribution in [0.25, 0.3) is 10.2 Å². The Labute approximate surface area is 129 Å². The molecule has 21 heavy (non-hydrogen) atoms. The van der Waals surface area contributed by atoms with Crippen LogP contribution in [0, 0.1) is 0 Å². The number of nitrogens with zero attached hydrogens (tertiary/aromatic N) is 1. The van der Waals surface area contributed by atoms with Crippen LogP contribution < -0.4 is 10.7 Å². The summed E-state index contributed by atoms with van der Waals surface area (Å²) < 4.78 is 0. The average molecular weight is 323 g/mol. The lowest BCUT2D eigenvalue weighted by Crippen LogP contribution is -2.31. The van der Waals surface area contributed by atoms with Crippen LogP contribution in [0.5, 0.6) is 0 Å². The van der Waals surface area contributed by atoms with Gasteiger partial charge < -0.3 is 14.9 Å². The summed E-state index contributed by atoms with van der Waals surface area (Å²) in [6, 6.07) is 0. The molecule has 3 rings (SSSR count). The van der Waals surface area contributed by atoms with Crippen LogP contribution in [0.1, 0.15) is 36.0 Å². The number of carboxylic acid groups (broad SMARTS) is 1. The molecule has 2 heterocycles. The molecule has 2 aromatic rings. The highest BCUT2D eigenvalue weighted by Gasteiger charge is 2.19. The lowest BCUT2D eigenvalue weighted by atomic mass is 9.97. The van der Waals surface area contributed by atoms with Crippen molar-refractivity contribution in [1.82, 2.24) is 9.97 Å². The van der Waals surface area contributed by atoms with Crippen molar-refractivity contribution in [2.45, 2.75) is 43.6 Å². The number of carbonyl (C=O) groups excluding carboxylic acids is 1. The van der Waals surface area contributed by atoms with Crippen LogP contribution >= 0.6 is 23.1 Å². The number of carbonyl (C=O) groups is 1. The van der Waals surface area contributed by atoms with Gasteiger partial charge in [0.05, 0.1) is 17.1 Å². The highest BCUT2D eigenvalue weighted by molar-refractivity contribution is 7.99. The van der Waals surface area contributed by atoms with Gasteiger partial charge in [-0.05, 0) is 38.2 Å². The number of nitrogens with one attached hydrogen (secondary N) is 1. The summed E-state index contributed by atoms with van der Waals surface area (Å²) in [4.78, 5) is 32.3. The molecule has 1 N–H and O–H groups in total. The molecule has 7 heteroatoms. The fourth-order valence-electron chi connectivity index (χ4n) is 2.55. The summed E-state index contributed by atoms with van der Waals surface area (Å²) in [7, 11) is 0. The van der Waals surface area contributed by atoms with Gasteiger partial charge in [0.15, 0.2) is 0 Å². The summed E-state index contributed by atoms with van der Waals surface area (Å²) in [5.41, 5.74) is 1.06. The summed E-state index contributed by atoms with van der Waals surface area (Å²) in [5.74, 6) is -0.206. The van der Waals surface area contributed by atoms with Gasteiger partial charge in [0.2, 0.25) is 0 Å². The molecule has 0 radical (unpaired) electrons. The quantitative estimate of drug-likeness (QED) is 0.915. The van der Waals surface area contributed by atoms with E-state index in [9.17, 15) is 14.7 Å². The Balaban J connectivity index is 1.92. The number of thiophene rings is 1. The maximum Gasteiger partial charge on any atom is 0.259 e. The lowest BCUT2D eigenvalue weighted by molar-refractivity contribution is -0.304. The number of aromatic amines is 1. The summed E-state index contributed by atoms with van der Waals surface area (Å²) in [5, 5.41) is 10.8. The third kappa shape index (κ3) is 2.85. The molecule has 112 valence electrons. The molecule has 0 spiro atoms. The minimum absolute atomic E-state index is 0.101. The summed E-state index contributed by atoms with van der Waals surface area (Å²) in [6.07, 6.45) is 4.28. The number of thioether (sulfide) groups is 1. The third-order valence-electron chi connectivity index (χ3n) is 3.68. The molecule has 0 saturated carbocycles. The van der Waals surface area contributed by atoms with Crippen LogP contribution in [0.15, 0.2) is 4.79 Å². The van der Waals surface area contributed by atoms with E-state index in [-0.39, 0.29) is 5.56 Å². The molecule has 0 bridgehead atoms. The lowest BCUT2D eigenvalue weighted by Gasteiger charge is -2.11. The van der Waals surface area contributed by atoms with Crippen molar-refractivity contribution in [2.24, 2.45) is 0 Å². The Morgan fingerprint density at radius 3 is 3.00 bits per heavy atom. The Hall–Kier alpha value is -1.34. The van der Waals surface area contributed by atoms with E-state index in [1.165, 1.54) is 23.1 Å². The number of H-pyrrole nitrogens is 1. The van der Waals surface area contributed by atoms with E-state index in [0.29, 0.717) is 11.6 Å². The van der Waals surface area contributed by atoms with Gasteiger partial charge in [0, 0.05) is 10.1 Å². The minimum atomic E-state index is -1.10. The highest BCUT2D eigenvalue weighted by atomic mass is 32.2. The molecular formula is C14H15N2O3S2-. The van der Waals surface area contributed by atoms with Gasteiger partial charge in [-0.25, -0.2) is 4.98 Å². The number of fused-ring (bicyclic) bond motifs is 3. The van der Waals surface area contributed by atoms with Gasteiger partial charge in [-0.1, -0.05) is 0 Å². The second kappa shape index (κ2) is 5.81. The molecule has 1 aliphatic carbocycles. The first-order chi connectivity index (χ1) is 10.1. The van der Waals surface area contributed by atoms with E-state index in [1.807, 2.05) is 0 Å². The smallest absolute Gasteiger partial charge is 0.259 e. The fourth-order valence-corrected chi connectivity index (χ4v) is 4.51. The molecule has 5 nitrogen and oxygen atoms in total. The number of aromatic nitrogens is 2. The normalized spacial score (nSPS) is 15.9. The number of carboxylic acids is 1. The SMILES string of the molecule is C[C@@H](SCc1nc2sc3c(c2c(=O)[nH]1)CCCC3)C(=O)[O-]. The van der Waals surface area contributed by atoms with E-state index in [1.54, 1.807) is 18.3 Å². The molecule has 0 unspecified atom stereocenters. The predicted molar refractivity (Wildman–Crippen MR) is 82.6 cm³/mol. The predicted octanol–water partition coefficient (Wildman–Crippen LogP) is 1.24. The van der Waals surface area contributed by atoms with Gasteiger partial charge in [0.1, 0.15) is 10.7 Å². The van der Waals surface area contributed by atoms with Crippen molar-refractivity contribution in [2.75, 3.05) is 0 Å². The molecule has 0 saturated heterocycles. The minimum Gasteiger partial charge on any atom is -0.549 e. The largest absolute Gasteiger partial charge is 0.549 e. The second-order valence-corrected chi connectivity index (χ2v) is 7.59. The number of hydrogen-bond acceptors (Lipinski definition) is 6. The maximum atomic E-state index is 12.3. The van der Waals surface area contributed by atoms with Crippen molar-refractivity contribution in [1.29, 1.82) is 0 Å². The molecular weight excluding hydrogens is 308 g/mol. The Kier molecular flexibility index (Phi) is 4.03. The zero-order chi connectivity index (χ0) is 15.0. The average Bonchev–Trinajstić information content (AvgIpc) is 2.83. The van der Waals surface area contributed by atoms with Gasteiger partial charge in [0.25, 0.3) is 5.56 Å². The second-order valence-electron chi connectivity index (χ2n) is 5.18. The zero-order valence-corrected chi connectivity index (χ0v) is 13.2. The zero-order valence-electron chi connectivity index (χ0n) is 11.6. The summed E-state index contributed by atoms with van der Waals surface area (Å²) in [6.45, 7) is 1.57. The van der Waals surface area contributed by atoms with Crippen molar-refractivity contribution >= 4 is 39.3 Å². The van der Waals surface area contributed by atoms with E-state index in [4.69, 9.17) is 0 Å². The maximum absolute atomic E-state index is 12.3. The summed E-state index contributed by atoms with van der Waals surface area (Å²) >= 11 is 2.80. The van der Waals surface area contributed by atoms with Crippen molar-refractivity contribution in [3.05, 3.63) is 26.6 Å². The molecule has 0 amide bonds. The number of rotatable bonds is 4. The fraction of sp³-hybridized carbons (Fsp3) is 0.500. The molecule has 0 fully saturated rings. The van der Waals surface area contributed by atoms with Crippen molar-refractivity contribution < 1.29 is 9.90 Å². The molecule has 0 aliphatic heterocycles. The first-order valence-electron chi connectivity index (χ1n) is 6.92. The Morgan fingerprint density at radius 1 is 1.48 bits per heavy atom. The van der Waals surface area contributed by atoms with Crippen LogP contribution in [0.2, 0.25) is 0 Å². The van der Waals surface area contributed by atoms with Crippen LogP contribution in [-0.2, 0) is 23.4 Å². The number of aliphatic carboxylic acids is 1. The standard InChI is InChI=1S/C14H16N2O3S2/c1-7(14(18)19)20-6-10-15-12(17)11-8-4-2-3-5-9(8)21-13(11)16-10/h7H,2-6H2,1H3,(H,18,19)(H,15,16,17)/p-1/t7-/m1/s1. The van der Waals surface area contributed by atoms with Gasteiger partial charge in [-0.3, -0.25) is 4.79 Å². The van der Waals surface area contributed by atoms with Crippen LogP contribution in [-0.4, -0.2) is 21.2 Å². The van der Waals surface area contributed by atoms with E-state index in [2.05, 4.69) is 9.97 Å². The van der Waals surface area contributed by atoms with Crippen LogP contribution in [0.3, 0.4) is 0 Å². The monoisotopic (exact) mass is 323 g/mol. The number of hydrogen-bond donors (Lipinski definition) is 1. The third-order valence-corrected chi connectivity index (χ3v) is 5.99. The van der Waals surface area contributed by atoms with E-state index in [0.717, 1.165) is 35.0 Å². The molecule has 1 aliphatic rings. The molecule has 2 aromatic heterocycles. The molecule has 0 aromatic carbocycles. The van der Waals surface area contributed by atoms with Crippen molar-refractivity contribution in [3.8, 4) is 0 Å². The molecule has 1 atom stereocenters. The van der Waals surface area contributed by atoms with E-state index < -0.39 is 11.2 Å². The topological polar surface area (TPSA) is 85.9 Å². The first-order valence-corrected chi connectivity index (χ1v) is 8.78. The van der Waals surface area contributed by atoms with Gasteiger partial charge in [-0.15, -0.1) is 23.1 Å². The van der Waals surface area contributed by atoms with Crippen molar-refractivity contribution in [3.63, 3.8) is 0 Å². The van der Waals surface area contributed by atoms with Crippen LogP contribution in [0.4, 0.5) is 0 Å². The van der Waals surface area contributed by atoms with Gasteiger partial charge in [-0.2, -0.15) is 0 Å². The van der Waals surface area contributed by atoms with E-state index >= 15 is 0 Å².